The number of fused-ring (bicyclic) bond motifs is 1. The number of nitrogens with zero attached hydrogens (tertiary/aromatic N) is 1. The molecule has 3 rings (SSSR count). The average Bonchev–Trinajstić information content (AvgIpc) is 2.71. The number of benzene rings is 2. The molecule has 3 aromatic rings. The minimum absolute atomic E-state index is 0. The van der Waals surface area contributed by atoms with Crippen LogP contribution in [0.5, 0.6) is 11.5 Å². The number of nitrogens with one attached hydrogen (secondary N) is 2. The van der Waals surface area contributed by atoms with Gasteiger partial charge in [0.1, 0.15) is 0 Å². The number of anilines is 1. The highest BCUT2D eigenvalue weighted by atomic mass is 35.5. The Kier molecular flexibility index (Phi) is 9.21. The normalized spacial score (nSPS) is 10.8. The SMILES string of the molecule is COc1cccc(CNCCCNc2ccnc3cc(CC(C)C)ccc23)c1O.Cl. The summed E-state index contributed by atoms with van der Waals surface area (Å²) < 4.78 is 5.15. The van der Waals surface area contributed by atoms with Crippen LogP contribution in [0.15, 0.2) is 48.7 Å². The molecule has 1 aromatic heterocycles. The molecule has 0 aliphatic carbocycles. The van der Waals surface area contributed by atoms with Crippen molar-refractivity contribution in [3.05, 3.63) is 59.8 Å². The Labute approximate surface area is 185 Å². The first kappa shape index (κ1) is 23.8. The smallest absolute Gasteiger partial charge is 0.162 e. The average molecular weight is 430 g/mol. The summed E-state index contributed by atoms with van der Waals surface area (Å²) in [7, 11) is 1.56. The standard InChI is InChI=1S/C24H31N3O2.ClH/c1-17(2)14-18-8-9-20-21(10-13-27-22(20)15-18)26-12-5-11-25-16-19-6-4-7-23(29-3)24(19)28;/h4,6-10,13,15,17,25,28H,5,11-12,14,16H2,1-3H3,(H,26,27);1H. The summed E-state index contributed by atoms with van der Waals surface area (Å²) in [5.41, 5.74) is 4.34. The number of phenolic OH excluding ortho intramolecular Hbond substituents is 1. The molecule has 0 saturated carbocycles. The van der Waals surface area contributed by atoms with Gasteiger partial charge in [-0.3, -0.25) is 4.98 Å². The van der Waals surface area contributed by atoms with E-state index in [1.54, 1.807) is 13.2 Å². The van der Waals surface area contributed by atoms with Crippen molar-refractivity contribution in [1.29, 1.82) is 0 Å². The molecule has 2 aromatic carbocycles. The van der Waals surface area contributed by atoms with Crippen molar-refractivity contribution >= 4 is 29.0 Å². The van der Waals surface area contributed by atoms with Crippen LogP contribution < -0.4 is 15.4 Å². The second-order valence-electron chi connectivity index (χ2n) is 7.73. The Morgan fingerprint density at radius 2 is 1.93 bits per heavy atom. The molecule has 3 N–H and O–H groups in total. The van der Waals surface area contributed by atoms with E-state index in [2.05, 4.69) is 47.7 Å². The molecular weight excluding hydrogens is 398 g/mol. The van der Waals surface area contributed by atoms with Gasteiger partial charge in [-0.15, -0.1) is 12.4 Å². The van der Waals surface area contributed by atoms with Crippen molar-refractivity contribution < 1.29 is 9.84 Å². The molecule has 5 nitrogen and oxygen atoms in total. The summed E-state index contributed by atoms with van der Waals surface area (Å²) in [4.78, 5) is 4.54. The van der Waals surface area contributed by atoms with E-state index in [4.69, 9.17) is 4.74 Å². The number of hydrogen-bond donors (Lipinski definition) is 3. The van der Waals surface area contributed by atoms with Gasteiger partial charge in [-0.25, -0.2) is 0 Å². The zero-order chi connectivity index (χ0) is 20.6. The Balaban J connectivity index is 0.00000320. The third kappa shape index (κ3) is 6.25. The van der Waals surface area contributed by atoms with Gasteiger partial charge in [-0.1, -0.05) is 38.1 Å². The first-order valence-corrected chi connectivity index (χ1v) is 10.3. The van der Waals surface area contributed by atoms with Gasteiger partial charge in [0.25, 0.3) is 0 Å². The fourth-order valence-electron chi connectivity index (χ4n) is 3.48. The van der Waals surface area contributed by atoms with E-state index in [1.165, 1.54) is 5.56 Å². The zero-order valence-corrected chi connectivity index (χ0v) is 18.8. The van der Waals surface area contributed by atoms with Crippen LogP contribution in [0.1, 0.15) is 31.4 Å². The Morgan fingerprint density at radius 1 is 1.10 bits per heavy atom. The largest absolute Gasteiger partial charge is 0.504 e. The highest BCUT2D eigenvalue weighted by molar-refractivity contribution is 5.91. The maximum absolute atomic E-state index is 10.1. The lowest BCUT2D eigenvalue weighted by Crippen LogP contribution is -2.17. The summed E-state index contributed by atoms with van der Waals surface area (Å²) >= 11 is 0. The number of phenols is 1. The minimum atomic E-state index is 0. The summed E-state index contributed by atoms with van der Waals surface area (Å²) in [5.74, 6) is 1.35. The van der Waals surface area contributed by atoms with Crippen LogP contribution in [0.2, 0.25) is 0 Å². The number of methoxy groups -OCH3 is 1. The second-order valence-corrected chi connectivity index (χ2v) is 7.73. The molecule has 0 aliphatic rings. The topological polar surface area (TPSA) is 66.4 Å². The molecule has 0 saturated heterocycles. The summed E-state index contributed by atoms with van der Waals surface area (Å²) in [6.45, 7) is 6.80. The van der Waals surface area contributed by atoms with Crippen LogP contribution in [-0.4, -0.2) is 30.3 Å². The number of pyridine rings is 1. The van der Waals surface area contributed by atoms with Crippen molar-refractivity contribution in [2.45, 2.75) is 33.2 Å². The van der Waals surface area contributed by atoms with Crippen LogP contribution in [0, 0.1) is 5.92 Å². The molecule has 30 heavy (non-hydrogen) atoms. The highest BCUT2D eigenvalue weighted by Crippen LogP contribution is 2.29. The highest BCUT2D eigenvalue weighted by Gasteiger charge is 2.07. The van der Waals surface area contributed by atoms with Crippen LogP contribution in [0.3, 0.4) is 0 Å². The summed E-state index contributed by atoms with van der Waals surface area (Å²) in [5, 5.41) is 18.2. The predicted molar refractivity (Wildman–Crippen MR) is 127 cm³/mol. The first-order valence-electron chi connectivity index (χ1n) is 10.3. The van der Waals surface area contributed by atoms with E-state index in [1.807, 2.05) is 24.4 Å². The van der Waals surface area contributed by atoms with Crippen LogP contribution in [0.25, 0.3) is 10.9 Å². The molecule has 0 amide bonds. The van der Waals surface area contributed by atoms with Gasteiger partial charge in [0.15, 0.2) is 11.5 Å². The molecule has 0 bridgehead atoms. The molecule has 162 valence electrons. The van der Waals surface area contributed by atoms with Crippen molar-refractivity contribution in [2.75, 3.05) is 25.5 Å². The molecule has 0 aliphatic heterocycles. The number of hydrogen-bond acceptors (Lipinski definition) is 5. The fourth-order valence-corrected chi connectivity index (χ4v) is 3.48. The molecule has 0 atom stereocenters. The van der Waals surface area contributed by atoms with E-state index in [9.17, 15) is 5.11 Å². The van der Waals surface area contributed by atoms with Crippen LogP contribution in [-0.2, 0) is 13.0 Å². The van der Waals surface area contributed by atoms with E-state index in [0.717, 1.165) is 48.1 Å². The number of para-hydroxylation sites is 1. The van der Waals surface area contributed by atoms with Crippen LogP contribution >= 0.6 is 12.4 Å². The summed E-state index contributed by atoms with van der Waals surface area (Å²) in [6.07, 6.45) is 3.91. The Bertz CT molecular complexity index is 947. The van der Waals surface area contributed by atoms with Gasteiger partial charge in [0, 0.05) is 35.9 Å². The fraction of sp³-hybridized carbons (Fsp3) is 0.375. The number of ether oxygens (including phenoxy) is 1. The maximum Gasteiger partial charge on any atom is 0.162 e. The third-order valence-electron chi connectivity index (χ3n) is 4.91. The van der Waals surface area contributed by atoms with E-state index >= 15 is 0 Å². The van der Waals surface area contributed by atoms with E-state index in [-0.39, 0.29) is 18.2 Å². The van der Waals surface area contributed by atoms with Gasteiger partial charge >= 0.3 is 0 Å². The molecule has 6 heteroatoms. The number of rotatable bonds is 10. The molecular formula is C24H32ClN3O2. The molecule has 0 unspecified atom stereocenters. The predicted octanol–water partition coefficient (Wildman–Crippen LogP) is 5.16. The van der Waals surface area contributed by atoms with Crippen molar-refractivity contribution in [1.82, 2.24) is 10.3 Å². The summed E-state index contributed by atoms with van der Waals surface area (Å²) in [6, 6.07) is 14.2. The van der Waals surface area contributed by atoms with E-state index < -0.39 is 0 Å². The van der Waals surface area contributed by atoms with Gasteiger partial charge in [-0.05, 0) is 49.1 Å². The monoisotopic (exact) mass is 429 g/mol. The number of aromatic hydroxyl groups is 1. The minimum Gasteiger partial charge on any atom is -0.504 e. The van der Waals surface area contributed by atoms with Gasteiger partial charge in [-0.2, -0.15) is 0 Å². The van der Waals surface area contributed by atoms with E-state index in [0.29, 0.717) is 18.2 Å². The Hall–Kier alpha value is -2.50. The lowest BCUT2D eigenvalue weighted by Gasteiger charge is -2.12. The van der Waals surface area contributed by atoms with Gasteiger partial charge in [0.05, 0.1) is 12.6 Å². The van der Waals surface area contributed by atoms with Crippen LogP contribution in [0.4, 0.5) is 5.69 Å². The second kappa shape index (κ2) is 11.6. The molecule has 0 spiro atoms. The van der Waals surface area contributed by atoms with Gasteiger partial charge < -0.3 is 20.5 Å². The first-order chi connectivity index (χ1) is 14.1. The molecule has 0 radical (unpaired) electrons. The quantitative estimate of drug-likeness (QED) is 0.388. The Morgan fingerprint density at radius 3 is 2.70 bits per heavy atom. The molecule has 1 heterocycles. The maximum atomic E-state index is 10.1. The zero-order valence-electron chi connectivity index (χ0n) is 17.9. The lowest BCUT2D eigenvalue weighted by molar-refractivity contribution is 0.369. The lowest BCUT2D eigenvalue weighted by atomic mass is 10.0. The number of aromatic nitrogens is 1. The third-order valence-corrected chi connectivity index (χ3v) is 4.91. The van der Waals surface area contributed by atoms with Crippen molar-refractivity contribution in [2.24, 2.45) is 5.92 Å². The number of halogens is 1. The van der Waals surface area contributed by atoms with Crippen molar-refractivity contribution in [3.8, 4) is 11.5 Å². The molecule has 0 fully saturated rings. The van der Waals surface area contributed by atoms with Gasteiger partial charge in [0.2, 0.25) is 0 Å². The van der Waals surface area contributed by atoms with Crippen molar-refractivity contribution in [3.63, 3.8) is 0 Å².